The molecule has 0 radical (unpaired) electrons. The number of hydrogen-bond acceptors (Lipinski definition) is 4. The summed E-state index contributed by atoms with van der Waals surface area (Å²) in [5, 5.41) is 3.41. The van der Waals surface area contributed by atoms with Crippen LogP contribution in [0.15, 0.2) is 10.5 Å². The first kappa shape index (κ1) is 15.5. The number of rotatable bonds is 8. The molecule has 1 N–H and O–H groups in total. The molecule has 1 aliphatic heterocycles. The Morgan fingerprint density at radius 1 is 1.35 bits per heavy atom. The Hall–Kier alpha value is -0.840. The molecule has 0 aliphatic carbocycles. The van der Waals surface area contributed by atoms with Crippen molar-refractivity contribution in [3.8, 4) is 0 Å². The van der Waals surface area contributed by atoms with Gasteiger partial charge in [0.15, 0.2) is 0 Å². The predicted octanol–water partition coefficient (Wildman–Crippen LogP) is 2.70. The first-order valence-corrected chi connectivity index (χ1v) is 7.77. The highest BCUT2D eigenvalue weighted by Gasteiger charge is 2.11. The van der Waals surface area contributed by atoms with E-state index in [1.807, 2.05) is 6.92 Å². The number of likely N-dealkylation sites (tertiary alicyclic amines) is 1. The molecule has 1 saturated heterocycles. The van der Waals surface area contributed by atoms with Crippen molar-refractivity contribution in [2.75, 3.05) is 26.2 Å². The van der Waals surface area contributed by atoms with Crippen LogP contribution in [0.1, 0.15) is 43.8 Å². The summed E-state index contributed by atoms with van der Waals surface area (Å²) in [6, 6.07) is 2.60. The standard InChI is InChI=1S/C16H28N2O2/c1-13(2)17-11-15-10-16(20-14(15)3)12-19-9-8-18-6-4-5-7-18/h10,13,17H,4-9,11-12H2,1-3H3. The largest absolute Gasteiger partial charge is 0.464 e. The van der Waals surface area contributed by atoms with Crippen molar-refractivity contribution in [1.82, 2.24) is 10.2 Å². The molecular weight excluding hydrogens is 252 g/mol. The van der Waals surface area contributed by atoms with Crippen LogP contribution in [0.25, 0.3) is 0 Å². The number of hydrogen-bond donors (Lipinski definition) is 1. The van der Waals surface area contributed by atoms with Gasteiger partial charge >= 0.3 is 0 Å². The molecule has 1 fully saturated rings. The Morgan fingerprint density at radius 3 is 2.80 bits per heavy atom. The molecule has 4 nitrogen and oxygen atoms in total. The minimum atomic E-state index is 0.490. The Kier molecular flexibility index (Phi) is 6.07. The molecule has 0 unspecified atom stereocenters. The Morgan fingerprint density at radius 2 is 2.10 bits per heavy atom. The Bertz CT molecular complexity index is 395. The molecule has 2 rings (SSSR count). The fourth-order valence-electron chi connectivity index (χ4n) is 2.52. The van der Waals surface area contributed by atoms with Gasteiger partial charge < -0.3 is 19.4 Å². The SMILES string of the molecule is Cc1oc(COCCN2CCCC2)cc1CNC(C)C. The number of nitrogens with one attached hydrogen (secondary N) is 1. The Labute approximate surface area is 122 Å². The van der Waals surface area contributed by atoms with Crippen LogP contribution in [0.3, 0.4) is 0 Å². The zero-order chi connectivity index (χ0) is 14.4. The number of nitrogens with zero attached hydrogens (tertiary/aromatic N) is 1. The lowest BCUT2D eigenvalue weighted by atomic mass is 10.2. The zero-order valence-electron chi connectivity index (χ0n) is 13.1. The molecule has 114 valence electrons. The van der Waals surface area contributed by atoms with Gasteiger partial charge in [0.25, 0.3) is 0 Å². The molecule has 4 heteroatoms. The topological polar surface area (TPSA) is 37.6 Å². The van der Waals surface area contributed by atoms with E-state index < -0.39 is 0 Å². The van der Waals surface area contributed by atoms with Gasteiger partial charge in [-0.2, -0.15) is 0 Å². The number of aryl methyl sites for hydroxylation is 1. The summed E-state index contributed by atoms with van der Waals surface area (Å²) in [5.74, 6) is 1.93. The maximum atomic E-state index is 5.74. The van der Waals surface area contributed by atoms with E-state index in [9.17, 15) is 0 Å². The van der Waals surface area contributed by atoms with Crippen molar-refractivity contribution < 1.29 is 9.15 Å². The minimum absolute atomic E-state index is 0.490. The lowest BCUT2D eigenvalue weighted by Crippen LogP contribution is -2.23. The van der Waals surface area contributed by atoms with Crippen LogP contribution in [-0.2, 0) is 17.9 Å². The van der Waals surface area contributed by atoms with Gasteiger partial charge in [0.2, 0.25) is 0 Å². The van der Waals surface area contributed by atoms with Gasteiger partial charge in [-0.1, -0.05) is 13.8 Å². The molecule has 20 heavy (non-hydrogen) atoms. The van der Waals surface area contributed by atoms with Gasteiger partial charge in [0.1, 0.15) is 18.1 Å². The fourth-order valence-corrected chi connectivity index (χ4v) is 2.52. The second-order valence-electron chi connectivity index (χ2n) is 5.93. The average molecular weight is 280 g/mol. The van der Waals surface area contributed by atoms with Gasteiger partial charge in [-0.3, -0.25) is 0 Å². The highest BCUT2D eigenvalue weighted by Crippen LogP contribution is 2.15. The van der Waals surface area contributed by atoms with Gasteiger partial charge in [-0.25, -0.2) is 0 Å². The summed E-state index contributed by atoms with van der Waals surface area (Å²) in [6.07, 6.45) is 2.67. The molecule has 1 aliphatic rings. The molecule has 0 bridgehead atoms. The second-order valence-corrected chi connectivity index (χ2v) is 5.93. The van der Waals surface area contributed by atoms with Crippen molar-refractivity contribution in [1.29, 1.82) is 0 Å². The number of ether oxygens (including phenoxy) is 1. The normalized spacial score (nSPS) is 16.4. The summed E-state index contributed by atoms with van der Waals surface area (Å²) in [5.41, 5.74) is 1.23. The van der Waals surface area contributed by atoms with Crippen molar-refractivity contribution in [2.24, 2.45) is 0 Å². The number of furan rings is 1. The molecule has 0 amide bonds. The molecule has 0 saturated carbocycles. The predicted molar refractivity (Wildman–Crippen MR) is 80.8 cm³/mol. The quantitative estimate of drug-likeness (QED) is 0.743. The van der Waals surface area contributed by atoms with E-state index in [0.717, 1.165) is 31.2 Å². The van der Waals surface area contributed by atoms with Crippen LogP contribution < -0.4 is 5.32 Å². The zero-order valence-corrected chi connectivity index (χ0v) is 13.1. The maximum Gasteiger partial charge on any atom is 0.130 e. The van der Waals surface area contributed by atoms with Crippen LogP contribution in [-0.4, -0.2) is 37.2 Å². The van der Waals surface area contributed by atoms with Crippen molar-refractivity contribution in [2.45, 2.75) is 52.8 Å². The summed E-state index contributed by atoms with van der Waals surface area (Å²) in [4.78, 5) is 2.46. The average Bonchev–Trinajstić information content (AvgIpc) is 3.02. The highest BCUT2D eigenvalue weighted by molar-refractivity contribution is 5.20. The first-order chi connectivity index (χ1) is 9.65. The molecule has 1 aromatic rings. The van der Waals surface area contributed by atoms with Gasteiger partial charge in [-0.15, -0.1) is 0 Å². The molecule has 0 spiro atoms. The van der Waals surface area contributed by atoms with Gasteiger partial charge in [-0.05, 0) is 38.9 Å². The lowest BCUT2D eigenvalue weighted by Gasteiger charge is -2.13. The highest BCUT2D eigenvalue weighted by atomic mass is 16.5. The maximum absolute atomic E-state index is 5.74. The second kappa shape index (κ2) is 7.81. The van der Waals surface area contributed by atoms with Crippen molar-refractivity contribution in [3.63, 3.8) is 0 Å². The van der Waals surface area contributed by atoms with Gasteiger partial charge in [0, 0.05) is 24.7 Å². The van der Waals surface area contributed by atoms with E-state index in [1.165, 1.54) is 31.5 Å². The summed E-state index contributed by atoms with van der Waals surface area (Å²) < 4.78 is 11.5. The molecular formula is C16H28N2O2. The molecule has 0 atom stereocenters. The molecule has 2 heterocycles. The minimum Gasteiger partial charge on any atom is -0.464 e. The van der Waals surface area contributed by atoms with Crippen LogP contribution in [0.2, 0.25) is 0 Å². The third-order valence-corrected chi connectivity index (χ3v) is 3.77. The first-order valence-electron chi connectivity index (χ1n) is 7.77. The van der Waals surface area contributed by atoms with Crippen LogP contribution in [0, 0.1) is 6.92 Å². The lowest BCUT2D eigenvalue weighted by molar-refractivity contribution is 0.0870. The van der Waals surface area contributed by atoms with Gasteiger partial charge in [0.05, 0.1) is 6.61 Å². The van der Waals surface area contributed by atoms with Crippen LogP contribution >= 0.6 is 0 Å². The third kappa shape index (κ3) is 4.93. The van der Waals surface area contributed by atoms with E-state index >= 15 is 0 Å². The van der Waals surface area contributed by atoms with E-state index in [1.54, 1.807) is 0 Å². The fraction of sp³-hybridized carbons (Fsp3) is 0.750. The van der Waals surface area contributed by atoms with E-state index in [0.29, 0.717) is 12.6 Å². The molecule has 1 aromatic heterocycles. The molecule has 0 aromatic carbocycles. The Balaban J connectivity index is 1.68. The van der Waals surface area contributed by atoms with Crippen LogP contribution in [0.4, 0.5) is 0 Å². The monoisotopic (exact) mass is 280 g/mol. The smallest absolute Gasteiger partial charge is 0.130 e. The van der Waals surface area contributed by atoms with Crippen molar-refractivity contribution in [3.05, 3.63) is 23.2 Å². The van der Waals surface area contributed by atoms with Crippen LogP contribution in [0.5, 0.6) is 0 Å². The third-order valence-electron chi connectivity index (χ3n) is 3.77. The van der Waals surface area contributed by atoms with E-state index in [4.69, 9.17) is 9.15 Å². The summed E-state index contributed by atoms with van der Waals surface area (Å²) in [7, 11) is 0. The summed E-state index contributed by atoms with van der Waals surface area (Å²) >= 11 is 0. The van der Waals surface area contributed by atoms with Crippen molar-refractivity contribution >= 4 is 0 Å². The van der Waals surface area contributed by atoms with E-state index in [2.05, 4.69) is 30.1 Å². The van der Waals surface area contributed by atoms with E-state index in [-0.39, 0.29) is 0 Å². The summed E-state index contributed by atoms with van der Waals surface area (Å²) in [6.45, 7) is 12.1.